The number of hydrogen-bond donors (Lipinski definition) is 1. The molecule has 8 nitrogen and oxygen atoms in total. The second kappa shape index (κ2) is 9.36. The van der Waals surface area contributed by atoms with E-state index in [0.717, 1.165) is 12.3 Å². The van der Waals surface area contributed by atoms with E-state index in [4.69, 9.17) is 0 Å². The van der Waals surface area contributed by atoms with Crippen molar-refractivity contribution in [2.45, 2.75) is 28.8 Å². The minimum absolute atomic E-state index is 0.0335. The van der Waals surface area contributed by atoms with Gasteiger partial charge in [-0.25, -0.2) is 26.0 Å². The summed E-state index contributed by atoms with van der Waals surface area (Å²) in [5, 5.41) is 0. The smallest absolute Gasteiger partial charge is 0.337 e. The summed E-state index contributed by atoms with van der Waals surface area (Å²) in [6.45, 7) is 0.714. The third-order valence-electron chi connectivity index (χ3n) is 5.05. The van der Waals surface area contributed by atoms with Crippen LogP contribution in [0, 0.1) is 0 Å². The Morgan fingerprint density at radius 3 is 2.38 bits per heavy atom. The number of ether oxygens (including phenoxy) is 1. The van der Waals surface area contributed by atoms with Gasteiger partial charge in [0.1, 0.15) is 11.1 Å². The van der Waals surface area contributed by atoms with Crippen LogP contribution in [0.1, 0.15) is 23.2 Å². The third-order valence-corrected chi connectivity index (χ3v) is 8.52. The van der Waals surface area contributed by atoms with Gasteiger partial charge in [0.2, 0.25) is 0 Å². The standard InChI is InChI=1S/C20H22BrFN2O6S2/c1-30-20(25)13-3-5-16(21)19(11-13)32(28,29)23-17-12-15(31(2,26)27)4-6-18(17)24-9-7-14(22)8-10-24/h3-6,11-12,14,23H,7-10H2,1-2H3. The monoisotopic (exact) mass is 548 g/mol. The highest BCUT2D eigenvalue weighted by Crippen LogP contribution is 2.34. The Morgan fingerprint density at radius 1 is 1.12 bits per heavy atom. The van der Waals surface area contributed by atoms with Gasteiger partial charge in [0.05, 0.1) is 28.9 Å². The van der Waals surface area contributed by atoms with E-state index < -0.39 is 32.0 Å². The van der Waals surface area contributed by atoms with Crippen LogP contribution >= 0.6 is 15.9 Å². The predicted molar refractivity (Wildman–Crippen MR) is 122 cm³/mol. The number of sulfone groups is 1. The van der Waals surface area contributed by atoms with Crippen LogP contribution in [0.2, 0.25) is 0 Å². The van der Waals surface area contributed by atoms with Crippen molar-refractivity contribution in [2.24, 2.45) is 0 Å². The molecular formula is C20H22BrFN2O6S2. The SMILES string of the molecule is COC(=O)c1ccc(Br)c(S(=O)(=O)Nc2cc(S(C)(=O)=O)ccc2N2CCC(F)CC2)c1. The zero-order chi connectivity index (χ0) is 23.7. The summed E-state index contributed by atoms with van der Waals surface area (Å²) in [7, 11) is -6.68. The molecule has 174 valence electrons. The topological polar surface area (TPSA) is 110 Å². The number of alkyl halides is 1. The summed E-state index contributed by atoms with van der Waals surface area (Å²) in [5.41, 5.74) is 0.514. The zero-order valence-corrected chi connectivity index (χ0v) is 20.6. The number of anilines is 2. The van der Waals surface area contributed by atoms with Crippen molar-refractivity contribution in [3.05, 3.63) is 46.4 Å². The molecule has 32 heavy (non-hydrogen) atoms. The van der Waals surface area contributed by atoms with Gasteiger partial charge in [-0.2, -0.15) is 0 Å². The molecule has 0 bridgehead atoms. The number of nitrogens with one attached hydrogen (secondary N) is 1. The van der Waals surface area contributed by atoms with Crippen LogP contribution < -0.4 is 9.62 Å². The molecule has 0 spiro atoms. The molecule has 0 radical (unpaired) electrons. The van der Waals surface area contributed by atoms with Gasteiger partial charge in [0, 0.05) is 23.8 Å². The largest absolute Gasteiger partial charge is 0.465 e. The minimum Gasteiger partial charge on any atom is -0.465 e. The van der Waals surface area contributed by atoms with Gasteiger partial charge >= 0.3 is 5.97 Å². The van der Waals surface area contributed by atoms with Gasteiger partial charge in [0.25, 0.3) is 10.0 Å². The lowest BCUT2D eigenvalue weighted by Gasteiger charge is -2.32. The maximum Gasteiger partial charge on any atom is 0.337 e. The van der Waals surface area contributed by atoms with E-state index in [0.29, 0.717) is 18.8 Å². The maximum absolute atomic E-state index is 13.6. The summed E-state index contributed by atoms with van der Waals surface area (Å²) in [5.74, 6) is -0.706. The molecule has 0 amide bonds. The first-order chi connectivity index (χ1) is 14.9. The van der Waals surface area contributed by atoms with Crippen LogP contribution in [0.4, 0.5) is 15.8 Å². The first-order valence-corrected chi connectivity index (χ1v) is 13.7. The van der Waals surface area contributed by atoms with Gasteiger partial charge in [0.15, 0.2) is 9.84 Å². The lowest BCUT2D eigenvalue weighted by atomic mass is 10.1. The maximum atomic E-state index is 13.6. The second-order valence-electron chi connectivity index (χ2n) is 7.36. The van der Waals surface area contributed by atoms with Crippen molar-refractivity contribution in [3.8, 4) is 0 Å². The Kier molecular flexibility index (Phi) is 7.15. The number of carbonyl (C=O) groups excluding carboxylic acids is 1. The Balaban J connectivity index is 2.07. The Hall–Kier alpha value is -2.18. The average molecular weight is 549 g/mol. The summed E-state index contributed by atoms with van der Waals surface area (Å²) < 4.78 is 71.4. The molecule has 0 atom stereocenters. The number of benzene rings is 2. The molecule has 1 aliphatic rings. The van der Waals surface area contributed by atoms with E-state index in [9.17, 15) is 26.0 Å². The molecule has 1 fully saturated rings. The van der Waals surface area contributed by atoms with Crippen LogP contribution in [-0.2, 0) is 24.6 Å². The Bertz CT molecular complexity index is 1240. The van der Waals surface area contributed by atoms with E-state index in [-0.39, 0.29) is 38.4 Å². The number of nitrogens with zero attached hydrogens (tertiary/aromatic N) is 1. The molecule has 0 aliphatic carbocycles. The average Bonchev–Trinajstić information content (AvgIpc) is 2.73. The lowest BCUT2D eigenvalue weighted by molar-refractivity contribution is 0.0600. The number of rotatable bonds is 6. The first-order valence-electron chi connectivity index (χ1n) is 9.56. The van der Waals surface area contributed by atoms with E-state index in [2.05, 4.69) is 25.4 Å². The fourth-order valence-electron chi connectivity index (χ4n) is 3.35. The number of hydrogen-bond acceptors (Lipinski definition) is 7. The van der Waals surface area contributed by atoms with Gasteiger partial charge in [-0.15, -0.1) is 0 Å². The minimum atomic E-state index is -4.24. The van der Waals surface area contributed by atoms with E-state index in [1.807, 2.05) is 0 Å². The quantitative estimate of drug-likeness (QED) is 0.551. The number of halogens is 2. The van der Waals surface area contributed by atoms with Crippen molar-refractivity contribution in [2.75, 3.05) is 36.1 Å². The van der Waals surface area contributed by atoms with E-state index in [1.54, 1.807) is 4.90 Å². The predicted octanol–water partition coefficient (Wildman–Crippen LogP) is 3.38. The highest BCUT2D eigenvalue weighted by Gasteiger charge is 2.26. The summed E-state index contributed by atoms with van der Waals surface area (Å²) in [6.07, 6.45) is 0.656. The first kappa shape index (κ1) is 24.5. The number of sulfonamides is 1. The Labute approximate surface area is 194 Å². The van der Waals surface area contributed by atoms with E-state index in [1.165, 1.54) is 37.4 Å². The second-order valence-corrected chi connectivity index (χ2v) is 11.9. The molecule has 12 heteroatoms. The number of esters is 1. The van der Waals surface area contributed by atoms with Crippen molar-refractivity contribution in [1.82, 2.24) is 0 Å². The van der Waals surface area contributed by atoms with Gasteiger partial charge in [-0.3, -0.25) is 4.72 Å². The molecular weight excluding hydrogens is 527 g/mol. The van der Waals surface area contributed by atoms with Crippen LogP contribution in [0.3, 0.4) is 0 Å². The third kappa shape index (κ3) is 5.41. The molecule has 1 aliphatic heterocycles. The normalized spacial score (nSPS) is 15.4. The Morgan fingerprint density at radius 2 is 1.78 bits per heavy atom. The summed E-state index contributed by atoms with van der Waals surface area (Å²) >= 11 is 3.18. The van der Waals surface area contributed by atoms with Crippen LogP contribution in [0.5, 0.6) is 0 Å². The van der Waals surface area contributed by atoms with E-state index >= 15 is 0 Å². The zero-order valence-electron chi connectivity index (χ0n) is 17.3. The highest BCUT2D eigenvalue weighted by molar-refractivity contribution is 9.10. The molecule has 1 saturated heterocycles. The molecule has 2 aromatic carbocycles. The van der Waals surface area contributed by atoms with Crippen LogP contribution in [-0.4, -0.2) is 55.4 Å². The van der Waals surface area contributed by atoms with Crippen molar-refractivity contribution in [1.29, 1.82) is 0 Å². The molecule has 0 aromatic heterocycles. The van der Waals surface area contributed by atoms with Crippen molar-refractivity contribution < 1.29 is 30.8 Å². The molecule has 1 N–H and O–H groups in total. The number of carbonyl (C=O) groups is 1. The number of piperidine rings is 1. The summed E-state index contributed by atoms with van der Waals surface area (Å²) in [6, 6.07) is 8.10. The molecule has 0 unspecified atom stereocenters. The van der Waals surface area contributed by atoms with Crippen LogP contribution in [0.25, 0.3) is 0 Å². The van der Waals surface area contributed by atoms with Crippen molar-refractivity contribution >= 4 is 53.1 Å². The van der Waals surface area contributed by atoms with Crippen LogP contribution in [0.15, 0.2) is 50.7 Å². The lowest BCUT2D eigenvalue weighted by Crippen LogP contribution is -2.35. The summed E-state index contributed by atoms with van der Waals surface area (Å²) in [4.78, 5) is 13.4. The van der Waals surface area contributed by atoms with Gasteiger partial charge < -0.3 is 9.64 Å². The fraction of sp³-hybridized carbons (Fsp3) is 0.350. The van der Waals surface area contributed by atoms with Gasteiger partial charge in [-0.05, 0) is 65.2 Å². The molecule has 0 saturated carbocycles. The van der Waals surface area contributed by atoms with Crippen molar-refractivity contribution in [3.63, 3.8) is 0 Å². The number of methoxy groups -OCH3 is 1. The molecule has 3 rings (SSSR count). The molecule has 2 aromatic rings. The van der Waals surface area contributed by atoms with Gasteiger partial charge in [-0.1, -0.05) is 0 Å². The molecule has 1 heterocycles. The fourth-order valence-corrected chi connectivity index (χ4v) is 6.05. The highest BCUT2D eigenvalue weighted by atomic mass is 79.9.